The standard InChI is InChI=1S/C19H36O/c1-2-3-4-16-5-7-17(8-6-16)9-10-18-11-13-19(15-20)14-12-18/h16-20H,2-15H2,1H3/t16-,17-,18-,19-. The van der Waals surface area contributed by atoms with Crippen LogP contribution in [0.25, 0.3) is 0 Å². The second kappa shape index (κ2) is 9.07. The molecule has 1 N–H and O–H groups in total. The van der Waals surface area contributed by atoms with E-state index in [1.54, 1.807) is 0 Å². The molecule has 0 radical (unpaired) electrons. The Balaban J connectivity index is 1.55. The quantitative estimate of drug-likeness (QED) is 0.647. The molecule has 0 aromatic heterocycles. The van der Waals surface area contributed by atoms with Gasteiger partial charge in [0.15, 0.2) is 0 Å². The van der Waals surface area contributed by atoms with Gasteiger partial charge in [0.2, 0.25) is 0 Å². The van der Waals surface area contributed by atoms with Crippen molar-refractivity contribution in [3.8, 4) is 0 Å². The molecule has 0 aliphatic heterocycles. The molecule has 0 spiro atoms. The van der Waals surface area contributed by atoms with Gasteiger partial charge in [-0.25, -0.2) is 0 Å². The fraction of sp³-hybridized carbons (Fsp3) is 1.00. The molecular weight excluding hydrogens is 244 g/mol. The van der Waals surface area contributed by atoms with E-state index in [1.165, 1.54) is 83.5 Å². The first-order valence-corrected chi connectivity index (χ1v) is 9.42. The Morgan fingerprint density at radius 1 is 0.650 bits per heavy atom. The van der Waals surface area contributed by atoms with Crippen molar-refractivity contribution in [1.82, 2.24) is 0 Å². The molecule has 0 heterocycles. The van der Waals surface area contributed by atoms with Crippen molar-refractivity contribution < 1.29 is 5.11 Å². The second-order valence-corrected chi connectivity index (χ2v) is 7.68. The molecular formula is C19H36O. The van der Waals surface area contributed by atoms with Crippen molar-refractivity contribution in [1.29, 1.82) is 0 Å². The Kier molecular flexibility index (Phi) is 7.41. The summed E-state index contributed by atoms with van der Waals surface area (Å²) < 4.78 is 0. The van der Waals surface area contributed by atoms with Crippen LogP contribution in [0.2, 0.25) is 0 Å². The van der Waals surface area contributed by atoms with Gasteiger partial charge in [-0.15, -0.1) is 0 Å². The van der Waals surface area contributed by atoms with Crippen LogP contribution in [0.5, 0.6) is 0 Å². The summed E-state index contributed by atoms with van der Waals surface area (Å²) in [6, 6.07) is 0. The molecule has 2 aliphatic carbocycles. The molecule has 0 aromatic carbocycles. The van der Waals surface area contributed by atoms with Gasteiger partial charge in [-0.05, 0) is 36.5 Å². The lowest BCUT2D eigenvalue weighted by Crippen LogP contribution is -2.19. The van der Waals surface area contributed by atoms with Gasteiger partial charge in [-0.1, -0.05) is 77.6 Å². The van der Waals surface area contributed by atoms with Crippen molar-refractivity contribution in [2.24, 2.45) is 23.7 Å². The zero-order valence-electron chi connectivity index (χ0n) is 13.7. The lowest BCUT2D eigenvalue weighted by molar-refractivity contribution is 0.157. The van der Waals surface area contributed by atoms with Crippen LogP contribution in [0.4, 0.5) is 0 Å². The highest BCUT2D eigenvalue weighted by Gasteiger charge is 2.24. The molecule has 0 amide bonds. The van der Waals surface area contributed by atoms with E-state index in [2.05, 4.69) is 6.92 Å². The van der Waals surface area contributed by atoms with Crippen molar-refractivity contribution in [3.63, 3.8) is 0 Å². The lowest BCUT2D eigenvalue weighted by atomic mass is 9.75. The Morgan fingerprint density at radius 3 is 1.45 bits per heavy atom. The molecule has 2 aliphatic rings. The molecule has 0 bridgehead atoms. The maximum atomic E-state index is 9.20. The minimum Gasteiger partial charge on any atom is -0.396 e. The first-order chi connectivity index (χ1) is 9.81. The summed E-state index contributed by atoms with van der Waals surface area (Å²) in [7, 11) is 0. The van der Waals surface area contributed by atoms with Gasteiger partial charge in [-0.2, -0.15) is 0 Å². The highest BCUT2D eigenvalue weighted by molar-refractivity contribution is 4.76. The van der Waals surface area contributed by atoms with Crippen molar-refractivity contribution >= 4 is 0 Å². The third kappa shape index (κ3) is 5.39. The van der Waals surface area contributed by atoms with Crippen LogP contribution < -0.4 is 0 Å². The van der Waals surface area contributed by atoms with Crippen molar-refractivity contribution in [3.05, 3.63) is 0 Å². The normalized spacial score (nSPS) is 35.1. The summed E-state index contributed by atoms with van der Waals surface area (Å²) >= 11 is 0. The smallest absolute Gasteiger partial charge is 0.0459 e. The predicted molar refractivity (Wildman–Crippen MR) is 86.7 cm³/mol. The van der Waals surface area contributed by atoms with Crippen LogP contribution in [0.3, 0.4) is 0 Å². The van der Waals surface area contributed by atoms with Crippen LogP contribution in [0, 0.1) is 23.7 Å². The molecule has 20 heavy (non-hydrogen) atoms. The van der Waals surface area contributed by atoms with Gasteiger partial charge >= 0.3 is 0 Å². The zero-order valence-corrected chi connectivity index (χ0v) is 13.7. The fourth-order valence-corrected chi connectivity index (χ4v) is 4.48. The van der Waals surface area contributed by atoms with E-state index >= 15 is 0 Å². The predicted octanol–water partition coefficient (Wildman–Crippen LogP) is 5.56. The highest BCUT2D eigenvalue weighted by Crippen LogP contribution is 2.37. The average Bonchev–Trinajstić information content (AvgIpc) is 2.52. The Morgan fingerprint density at radius 2 is 1.05 bits per heavy atom. The maximum absolute atomic E-state index is 9.20. The maximum Gasteiger partial charge on any atom is 0.0459 e. The van der Waals surface area contributed by atoms with Crippen LogP contribution >= 0.6 is 0 Å². The highest BCUT2D eigenvalue weighted by atomic mass is 16.3. The molecule has 0 unspecified atom stereocenters. The summed E-state index contributed by atoms with van der Waals surface area (Å²) in [5.74, 6) is 3.71. The molecule has 2 saturated carbocycles. The van der Waals surface area contributed by atoms with Crippen LogP contribution in [-0.4, -0.2) is 11.7 Å². The first-order valence-electron chi connectivity index (χ1n) is 9.42. The van der Waals surface area contributed by atoms with E-state index < -0.39 is 0 Å². The van der Waals surface area contributed by atoms with E-state index in [0.29, 0.717) is 12.5 Å². The van der Waals surface area contributed by atoms with Gasteiger partial charge < -0.3 is 5.11 Å². The molecule has 1 nitrogen and oxygen atoms in total. The zero-order chi connectivity index (χ0) is 14.2. The Labute approximate surface area is 126 Å². The fourth-order valence-electron chi connectivity index (χ4n) is 4.48. The molecule has 0 saturated heterocycles. The third-order valence-corrected chi connectivity index (χ3v) is 6.14. The van der Waals surface area contributed by atoms with E-state index in [-0.39, 0.29) is 0 Å². The van der Waals surface area contributed by atoms with Gasteiger partial charge in [-0.3, -0.25) is 0 Å². The summed E-state index contributed by atoms with van der Waals surface area (Å²) in [5.41, 5.74) is 0. The summed E-state index contributed by atoms with van der Waals surface area (Å²) in [6.07, 6.45) is 18.7. The first kappa shape index (κ1) is 16.3. The third-order valence-electron chi connectivity index (χ3n) is 6.14. The molecule has 0 aromatic rings. The minimum absolute atomic E-state index is 0.425. The van der Waals surface area contributed by atoms with Crippen LogP contribution in [0.1, 0.15) is 90.4 Å². The van der Waals surface area contributed by atoms with Crippen LogP contribution in [-0.2, 0) is 0 Å². The van der Waals surface area contributed by atoms with Gasteiger partial charge in [0, 0.05) is 6.61 Å². The number of unbranched alkanes of at least 4 members (excludes halogenated alkanes) is 1. The number of hydrogen-bond acceptors (Lipinski definition) is 1. The molecule has 0 atom stereocenters. The SMILES string of the molecule is CCCC[C@H]1CC[C@H](CC[C@H]2CC[C@H](CO)CC2)CC1. The summed E-state index contributed by atoms with van der Waals surface area (Å²) in [4.78, 5) is 0. The number of rotatable bonds is 7. The van der Waals surface area contributed by atoms with Crippen LogP contribution in [0.15, 0.2) is 0 Å². The van der Waals surface area contributed by atoms with Crippen molar-refractivity contribution in [2.75, 3.05) is 6.61 Å². The Bertz CT molecular complexity index is 234. The summed E-state index contributed by atoms with van der Waals surface area (Å²) in [5, 5.41) is 9.20. The second-order valence-electron chi connectivity index (χ2n) is 7.68. The largest absolute Gasteiger partial charge is 0.396 e. The van der Waals surface area contributed by atoms with E-state index in [9.17, 15) is 5.11 Å². The molecule has 2 fully saturated rings. The molecule has 118 valence electrons. The molecule has 1 heteroatoms. The van der Waals surface area contributed by atoms with Gasteiger partial charge in [0.25, 0.3) is 0 Å². The summed E-state index contributed by atoms with van der Waals surface area (Å²) in [6.45, 7) is 2.74. The average molecular weight is 280 g/mol. The monoisotopic (exact) mass is 280 g/mol. The topological polar surface area (TPSA) is 20.2 Å². The number of aliphatic hydroxyl groups is 1. The van der Waals surface area contributed by atoms with Crippen molar-refractivity contribution in [2.45, 2.75) is 90.4 Å². The van der Waals surface area contributed by atoms with Gasteiger partial charge in [0.05, 0.1) is 0 Å². The van der Waals surface area contributed by atoms with Gasteiger partial charge in [0.1, 0.15) is 0 Å². The number of hydrogen-bond donors (Lipinski definition) is 1. The lowest BCUT2D eigenvalue weighted by Gasteiger charge is -2.31. The van der Waals surface area contributed by atoms with E-state index in [4.69, 9.17) is 0 Å². The number of aliphatic hydroxyl groups excluding tert-OH is 1. The van der Waals surface area contributed by atoms with E-state index in [1.807, 2.05) is 0 Å². The minimum atomic E-state index is 0.425. The van der Waals surface area contributed by atoms with E-state index in [0.717, 1.165) is 17.8 Å². The Hall–Kier alpha value is -0.0400. The molecule has 2 rings (SSSR count).